The maximum Gasteiger partial charge on any atom is 0.292 e. The van der Waals surface area contributed by atoms with E-state index in [-0.39, 0.29) is 24.6 Å². The van der Waals surface area contributed by atoms with Crippen molar-refractivity contribution in [2.75, 3.05) is 24.3 Å². The van der Waals surface area contributed by atoms with Gasteiger partial charge in [0.2, 0.25) is 0 Å². The first kappa shape index (κ1) is 12.2. The first-order valence-electron chi connectivity index (χ1n) is 4.60. The molecule has 0 radical (unpaired) electrons. The monoisotopic (exact) mass is 227 g/mol. The molecule has 5 N–H and O–H groups in total. The molecule has 0 heterocycles. The lowest BCUT2D eigenvalue weighted by Crippen LogP contribution is -2.27. The van der Waals surface area contributed by atoms with Gasteiger partial charge >= 0.3 is 0 Å². The summed E-state index contributed by atoms with van der Waals surface area (Å²) in [4.78, 5) is 9.92. The number of aliphatic hydroxyl groups excluding tert-OH is 2. The fraction of sp³-hybridized carbons (Fsp3) is 0.333. The molecule has 0 atom stereocenters. The van der Waals surface area contributed by atoms with E-state index in [1.165, 1.54) is 18.2 Å². The number of nitrogens with zero attached hydrogens (tertiary/aromatic N) is 1. The van der Waals surface area contributed by atoms with Crippen LogP contribution in [-0.2, 0) is 0 Å². The summed E-state index contributed by atoms with van der Waals surface area (Å²) in [6, 6.07) is 3.60. The molecule has 0 bridgehead atoms. The lowest BCUT2D eigenvalue weighted by atomic mass is 10.2. The molecule has 0 saturated heterocycles. The molecule has 1 aromatic rings. The van der Waals surface area contributed by atoms with Crippen LogP contribution in [0.15, 0.2) is 18.2 Å². The van der Waals surface area contributed by atoms with E-state index in [1.54, 1.807) is 0 Å². The number of nitro benzene ring substituents is 1. The predicted molar refractivity (Wildman–Crippen MR) is 59.1 cm³/mol. The van der Waals surface area contributed by atoms with Gasteiger partial charge < -0.3 is 21.3 Å². The number of nitrogens with two attached hydrogens (primary N) is 1. The summed E-state index contributed by atoms with van der Waals surface area (Å²) < 4.78 is 0. The van der Waals surface area contributed by atoms with E-state index in [0.717, 1.165) is 0 Å². The molecular formula is C9H13N3O4. The van der Waals surface area contributed by atoms with E-state index in [2.05, 4.69) is 5.32 Å². The van der Waals surface area contributed by atoms with Gasteiger partial charge in [0.1, 0.15) is 5.69 Å². The van der Waals surface area contributed by atoms with Gasteiger partial charge in [0, 0.05) is 11.8 Å². The molecule has 0 amide bonds. The van der Waals surface area contributed by atoms with Crippen molar-refractivity contribution >= 4 is 17.1 Å². The van der Waals surface area contributed by atoms with Gasteiger partial charge in [-0.05, 0) is 12.1 Å². The highest BCUT2D eigenvalue weighted by Gasteiger charge is 2.12. The van der Waals surface area contributed by atoms with Gasteiger partial charge in [-0.15, -0.1) is 0 Å². The van der Waals surface area contributed by atoms with Crippen molar-refractivity contribution in [2.24, 2.45) is 0 Å². The maximum atomic E-state index is 10.5. The topological polar surface area (TPSA) is 122 Å². The van der Waals surface area contributed by atoms with E-state index in [4.69, 9.17) is 15.9 Å². The zero-order valence-corrected chi connectivity index (χ0v) is 8.46. The zero-order valence-electron chi connectivity index (χ0n) is 8.46. The van der Waals surface area contributed by atoms with E-state index in [0.29, 0.717) is 5.69 Å². The number of hydrogen-bond acceptors (Lipinski definition) is 6. The number of aliphatic hydroxyl groups is 2. The van der Waals surface area contributed by atoms with Crippen molar-refractivity contribution in [1.82, 2.24) is 0 Å². The fourth-order valence-corrected chi connectivity index (χ4v) is 1.20. The van der Waals surface area contributed by atoms with Crippen molar-refractivity contribution in [3.8, 4) is 0 Å². The Morgan fingerprint density at radius 3 is 2.50 bits per heavy atom. The van der Waals surface area contributed by atoms with Gasteiger partial charge in [-0.1, -0.05) is 0 Å². The third-order valence-electron chi connectivity index (χ3n) is 2.04. The lowest BCUT2D eigenvalue weighted by Gasteiger charge is -2.14. The number of anilines is 2. The average molecular weight is 227 g/mol. The van der Waals surface area contributed by atoms with E-state index < -0.39 is 11.0 Å². The molecule has 0 aromatic heterocycles. The Morgan fingerprint density at radius 1 is 1.44 bits per heavy atom. The quantitative estimate of drug-likeness (QED) is 0.317. The minimum absolute atomic E-state index is 0.0321. The predicted octanol–water partition coefficient (Wildman–Crippen LogP) is -0.0579. The Balaban J connectivity index is 2.84. The van der Waals surface area contributed by atoms with Gasteiger partial charge in [0.25, 0.3) is 5.69 Å². The van der Waals surface area contributed by atoms with E-state index in [9.17, 15) is 10.1 Å². The minimum atomic E-state index is -0.575. The summed E-state index contributed by atoms with van der Waals surface area (Å²) in [6.45, 7) is -0.485. The molecule has 0 saturated carbocycles. The average Bonchev–Trinajstić information content (AvgIpc) is 2.25. The Bertz CT molecular complexity index is 379. The van der Waals surface area contributed by atoms with Crippen LogP contribution in [-0.4, -0.2) is 34.4 Å². The Labute approximate surface area is 91.7 Å². The number of hydrogen-bond donors (Lipinski definition) is 4. The van der Waals surface area contributed by atoms with Crippen molar-refractivity contribution in [3.05, 3.63) is 28.3 Å². The highest BCUT2D eigenvalue weighted by molar-refractivity contribution is 5.66. The smallest absolute Gasteiger partial charge is 0.292 e. The second-order valence-corrected chi connectivity index (χ2v) is 3.24. The lowest BCUT2D eigenvalue weighted by molar-refractivity contribution is -0.383. The normalized spacial score (nSPS) is 10.4. The largest absolute Gasteiger partial charge is 0.394 e. The number of nitro groups is 1. The van der Waals surface area contributed by atoms with Crippen LogP contribution in [0.4, 0.5) is 17.1 Å². The summed E-state index contributed by atoms with van der Waals surface area (Å²) >= 11 is 0. The summed E-state index contributed by atoms with van der Waals surface area (Å²) in [5, 5.41) is 31.0. The highest BCUT2D eigenvalue weighted by Crippen LogP contribution is 2.24. The summed E-state index contributed by atoms with van der Waals surface area (Å²) in [7, 11) is 0. The van der Waals surface area contributed by atoms with Gasteiger partial charge in [0.15, 0.2) is 0 Å². The van der Waals surface area contributed by atoms with Gasteiger partial charge in [-0.2, -0.15) is 0 Å². The fourth-order valence-electron chi connectivity index (χ4n) is 1.20. The van der Waals surface area contributed by atoms with Crippen LogP contribution >= 0.6 is 0 Å². The first-order valence-corrected chi connectivity index (χ1v) is 4.60. The van der Waals surface area contributed by atoms with Crippen LogP contribution in [0.1, 0.15) is 0 Å². The molecule has 7 nitrogen and oxygen atoms in total. The summed E-state index contributed by atoms with van der Waals surface area (Å²) in [5.41, 5.74) is 5.85. The minimum Gasteiger partial charge on any atom is -0.394 e. The van der Waals surface area contributed by atoms with Crippen LogP contribution < -0.4 is 11.1 Å². The summed E-state index contributed by atoms with van der Waals surface area (Å²) in [5.74, 6) is 0. The standard InChI is InChI=1S/C9H13N3O4/c10-8-3-6(11-7(4-13)5-14)1-2-9(8)12(15)16/h1-3,7,11,13-14H,4-5,10H2. The molecule has 0 fully saturated rings. The highest BCUT2D eigenvalue weighted by atomic mass is 16.6. The number of rotatable bonds is 5. The third kappa shape index (κ3) is 2.81. The number of nitrogens with one attached hydrogen (secondary N) is 1. The maximum absolute atomic E-state index is 10.5. The van der Waals surface area contributed by atoms with Crippen molar-refractivity contribution in [3.63, 3.8) is 0 Å². The van der Waals surface area contributed by atoms with E-state index in [1.807, 2.05) is 0 Å². The molecular weight excluding hydrogens is 214 g/mol. The number of nitrogen functional groups attached to an aromatic ring is 1. The van der Waals surface area contributed by atoms with Crippen LogP contribution in [0.5, 0.6) is 0 Å². The molecule has 7 heteroatoms. The Hall–Kier alpha value is -1.86. The Morgan fingerprint density at radius 2 is 2.06 bits per heavy atom. The number of benzene rings is 1. The van der Waals surface area contributed by atoms with Crippen molar-refractivity contribution in [1.29, 1.82) is 0 Å². The van der Waals surface area contributed by atoms with Crippen LogP contribution in [0, 0.1) is 10.1 Å². The Kier molecular flexibility index (Phi) is 4.03. The van der Waals surface area contributed by atoms with Gasteiger partial charge in [-0.25, -0.2) is 0 Å². The second-order valence-electron chi connectivity index (χ2n) is 3.24. The molecule has 16 heavy (non-hydrogen) atoms. The van der Waals surface area contributed by atoms with Crippen LogP contribution in [0.3, 0.4) is 0 Å². The van der Waals surface area contributed by atoms with Crippen molar-refractivity contribution in [2.45, 2.75) is 6.04 Å². The molecule has 0 aliphatic rings. The van der Waals surface area contributed by atoms with Crippen LogP contribution in [0.2, 0.25) is 0 Å². The van der Waals surface area contributed by atoms with Crippen molar-refractivity contribution < 1.29 is 15.1 Å². The molecule has 1 aromatic carbocycles. The second kappa shape index (κ2) is 5.29. The zero-order chi connectivity index (χ0) is 12.1. The molecule has 1 rings (SSSR count). The summed E-state index contributed by atoms with van der Waals surface area (Å²) in [6.07, 6.45) is 0. The first-order chi connectivity index (χ1) is 7.58. The molecule has 0 aliphatic heterocycles. The molecule has 0 unspecified atom stereocenters. The van der Waals surface area contributed by atoms with Gasteiger partial charge in [0.05, 0.1) is 24.2 Å². The molecule has 0 spiro atoms. The van der Waals surface area contributed by atoms with E-state index >= 15 is 0 Å². The third-order valence-corrected chi connectivity index (χ3v) is 2.04. The SMILES string of the molecule is Nc1cc(NC(CO)CO)ccc1[N+](=O)[O-]. The van der Waals surface area contributed by atoms with Gasteiger partial charge in [-0.3, -0.25) is 10.1 Å². The van der Waals surface area contributed by atoms with Crippen LogP contribution in [0.25, 0.3) is 0 Å². The molecule has 0 aliphatic carbocycles. The molecule has 88 valence electrons.